The van der Waals surface area contributed by atoms with E-state index in [1.807, 2.05) is 11.8 Å². The lowest BCUT2D eigenvalue weighted by molar-refractivity contribution is 0.489. The van der Waals surface area contributed by atoms with Gasteiger partial charge >= 0.3 is 0 Å². The van der Waals surface area contributed by atoms with E-state index in [4.69, 9.17) is 4.99 Å². The van der Waals surface area contributed by atoms with Gasteiger partial charge in [-0.05, 0) is 36.7 Å². The first-order chi connectivity index (χ1) is 9.83. The molecule has 3 unspecified atom stereocenters. The average molecular weight is 288 g/mol. The average Bonchev–Trinajstić information content (AvgIpc) is 2.95. The molecule has 0 spiro atoms. The van der Waals surface area contributed by atoms with E-state index in [-0.39, 0.29) is 0 Å². The molecule has 3 atom stereocenters. The third kappa shape index (κ3) is 3.38. The lowest BCUT2D eigenvalue weighted by Gasteiger charge is -2.28. The van der Waals surface area contributed by atoms with Gasteiger partial charge in [-0.25, -0.2) is 0 Å². The van der Waals surface area contributed by atoms with E-state index in [1.54, 1.807) is 0 Å². The summed E-state index contributed by atoms with van der Waals surface area (Å²) in [4.78, 5) is 4.78. The Bertz CT molecular complexity index is 457. The molecule has 1 aliphatic heterocycles. The highest BCUT2D eigenvalue weighted by molar-refractivity contribution is 8.13. The van der Waals surface area contributed by atoms with Gasteiger partial charge in [0, 0.05) is 18.3 Å². The van der Waals surface area contributed by atoms with E-state index in [2.05, 4.69) is 42.6 Å². The fourth-order valence-electron chi connectivity index (χ4n) is 3.21. The van der Waals surface area contributed by atoms with Crippen LogP contribution < -0.4 is 5.32 Å². The first-order valence-corrected chi connectivity index (χ1v) is 8.80. The summed E-state index contributed by atoms with van der Waals surface area (Å²) < 4.78 is 0. The van der Waals surface area contributed by atoms with Gasteiger partial charge in [-0.2, -0.15) is 0 Å². The van der Waals surface area contributed by atoms with E-state index in [0.717, 1.165) is 18.9 Å². The molecule has 1 aromatic carbocycles. The molecular formula is C17H24N2S. The predicted octanol–water partition coefficient (Wildman–Crippen LogP) is 4.04. The second-order valence-electron chi connectivity index (χ2n) is 6.04. The molecule has 2 aliphatic rings. The normalized spacial score (nSPS) is 28.9. The standard InChI is InChI=1S/C17H24N2S/c1-13(14-6-3-2-4-7-14)10-11-18-17-19-16-9-5-8-15(16)12-20-17/h2-4,6-7,13,15-16H,5,8-12H2,1H3,(H,18,19). The number of aliphatic imine (C=N–C) groups is 1. The van der Waals surface area contributed by atoms with Crippen molar-refractivity contribution in [1.82, 2.24) is 5.32 Å². The molecule has 2 fully saturated rings. The molecule has 0 amide bonds. The summed E-state index contributed by atoms with van der Waals surface area (Å²) in [6, 6.07) is 11.5. The van der Waals surface area contributed by atoms with E-state index in [9.17, 15) is 0 Å². The van der Waals surface area contributed by atoms with Crippen molar-refractivity contribution in [1.29, 1.82) is 0 Å². The van der Waals surface area contributed by atoms with Crippen LogP contribution in [-0.4, -0.2) is 23.5 Å². The number of benzene rings is 1. The summed E-state index contributed by atoms with van der Waals surface area (Å²) >= 11 is 1.93. The van der Waals surface area contributed by atoms with Crippen LogP contribution in [-0.2, 0) is 0 Å². The topological polar surface area (TPSA) is 24.4 Å². The summed E-state index contributed by atoms with van der Waals surface area (Å²) in [5.41, 5.74) is 1.42. The van der Waals surface area contributed by atoms with Gasteiger partial charge < -0.3 is 5.32 Å². The summed E-state index contributed by atoms with van der Waals surface area (Å²) in [5, 5.41) is 4.83. The summed E-state index contributed by atoms with van der Waals surface area (Å²) in [7, 11) is 0. The molecule has 0 aromatic heterocycles. The molecule has 2 nitrogen and oxygen atoms in total. The molecule has 1 saturated heterocycles. The number of nitrogens with one attached hydrogen (secondary N) is 1. The quantitative estimate of drug-likeness (QED) is 0.904. The Labute approximate surface area is 126 Å². The minimum Gasteiger partial charge on any atom is -0.362 e. The van der Waals surface area contributed by atoms with Gasteiger partial charge in [0.1, 0.15) is 0 Å². The van der Waals surface area contributed by atoms with E-state index >= 15 is 0 Å². The molecule has 0 bridgehead atoms. The van der Waals surface area contributed by atoms with Crippen molar-refractivity contribution >= 4 is 16.9 Å². The van der Waals surface area contributed by atoms with Crippen LogP contribution in [0.25, 0.3) is 0 Å². The number of thioether (sulfide) groups is 1. The van der Waals surface area contributed by atoms with Crippen LogP contribution in [0.1, 0.15) is 44.1 Å². The second-order valence-corrected chi connectivity index (χ2v) is 7.05. The Balaban J connectivity index is 1.48. The zero-order valence-corrected chi connectivity index (χ0v) is 13.0. The molecule has 1 aliphatic carbocycles. The van der Waals surface area contributed by atoms with E-state index in [1.165, 1.54) is 35.7 Å². The maximum absolute atomic E-state index is 4.78. The van der Waals surface area contributed by atoms with Crippen molar-refractivity contribution in [3.05, 3.63) is 35.9 Å². The first kappa shape index (κ1) is 14.0. The third-order valence-electron chi connectivity index (χ3n) is 4.59. The van der Waals surface area contributed by atoms with Gasteiger partial charge in [-0.1, -0.05) is 55.4 Å². The van der Waals surface area contributed by atoms with Gasteiger partial charge in [0.05, 0.1) is 0 Å². The van der Waals surface area contributed by atoms with Gasteiger partial charge in [0.15, 0.2) is 5.17 Å². The Morgan fingerprint density at radius 1 is 1.30 bits per heavy atom. The Hall–Kier alpha value is -0.960. The molecular weight excluding hydrogens is 264 g/mol. The number of hydrogen-bond acceptors (Lipinski definition) is 2. The highest BCUT2D eigenvalue weighted by Crippen LogP contribution is 2.32. The first-order valence-electron chi connectivity index (χ1n) is 7.81. The molecule has 20 heavy (non-hydrogen) atoms. The van der Waals surface area contributed by atoms with Crippen molar-refractivity contribution in [3.63, 3.8) is 0 Å². The Morgan fingerprint density at radius 3 is 3.00 bits per heavy atom. The van der Waals surface area contributed by atoms with Crippen LogP contribution in [0.5, 0.6) is 0 Å². The molecule has 3 heteroatoms. The molecule has 1 saturated carbocycles. The van der Waals surface area contributed by atoms with Crippen LogP contribution in [0, 0.1) is 5.92 Å². The molecule has 1 heterocycles. The summed E-state index contributed by atoms with van der Waals surface area (Å²) in [5.74, 6) is 2.75. The summed E-state index contributed by atoms with van der Waals surface area (Å²) in [6.45, 7) is 3.23. The summed E-state index contributed by atoms with van der Waals surface area (Å²) in [6.07, 6.45) is 5.26. The minimum absolute atomic E-state index is 0.591. The maximum atomic E-state index is 4.78. The van der Waals surface area contributed by atoms with Crippen molar-refractivity contribution in [2.45, 2.75) is 44.6 Å². The van der Waals surface area contributed by atoms with Crippen LogP contribution in [0.3, 0.4) is 0 Å². The Morgan fingerprint density at radius 2 is 2.15 bits per heavy atom. The molecule has 1 aromatic rings. The number of rotatable bonds is 4. The van der Waals surface area contributed by atoms with Crippen molar-refractivity contribution in [3.8, 4) is 0 Å². The van der Waals surface area contributed by atoms with Crippen LogP contribution >= 0.6 is 11.8 Å². The van der Waals surface area contributed by atoms with Gasteiger partial charge in [0.25, 0.3) is 0 Å². The zero-order valence-electron chi connectivity index (χ0n) is 12.2. The number of fused-ring (bicyclic) bond motifs is 1. The van der Waals surface area contributed by atoms with Crippen LogP contribution in [0.2, 0.25) is 0 Å². The van der Waals surface area contributed by atoms with E-state index < -0.39 is 0 Å². The van der Waals surface area contributed by atoms with Crippen LogP contribution in [0.15, 0.2) is 35.3 Å². The SMILES string of the molecule is CC(CCN=C1NC2CCCC2CS1)c1ccccc1. The molecule has 3 rings (SSSR count). The number of hydrogen-bond donors (Lipinski definition) is 1. The van der Waals surface area contributed by atoms with Crippen molar-refractivity contribution in [2.24, 2.45) is 10.9 Å². The fraction of sp³-hybridized carbons (Fsp3) is 0.588. The molecule has 1 N–H and O–H groups in total. The van der Waals surface area contributed by atoms with E-state index in [0.29, 0.717) is 12.0 Å². The van der Waals surface area contributed by atoms with Gasteiger partial charge in [-0.3, -0.25) is 4.99 Å². The smallest absolute Gasteiger partial charge is 0.156 e. The minimum atomic E-state index is 0.591. The second kappa shape index (κ2) is 6.66. The molecule has 0 radical (unpaired) electrons. The maximum Gasteiger partial charge on any atom is 0.156 e. The third-order valence-corrected chi connectivity index (χ3v) is 5.70. The highest BCUT2D eigenvalue weighted by atomic mass is 32.2. The lowest BCUT2D eigenvalue weighted by Crippen LogP contribution is -2.41. The predicted molar refractivity (Wildman–Crippen MR) is 88.5 cm³/mol. The fourth-order valence-corrected chi connectivity index (χ4v) is 4.40. The largest absolute Gasteiger partial charge is 0.362 e. The van der Waals surface area contributed by atoms with Crippen LogP contribution in [0.4, 0.5) is 0 Å². The number of nitrogens with zero attached hydrogens (tertiary/aromatic N) is 1. The van der Waals surface area contributed by atoms with Gasteiger partial charge in [0.2, 0.25) is 0 Å². The van der Waals surface area contributed by atoms with Crippen molar-refractivity contribution < 1.29 is 0 Å². The molecule has 108 valence electrons. The zero-order chi connectivity index (χ0) is 13.8. The highest BCUT2D eigenvalue weighted by Gasteiger charge is 2.31. The number of amidine groups is 1. The Kier molecular flexibility index (Phi) is 4.66. The van der Waals surface area contributed by atoms with Gasteiger partial charge in [-0.15, -0.1) is 0 Å². The van der Waals surface area contributed by atoms with Crippen molar-refractivity contribution in [2.75, 3.05) is 12.3 Å². The lowest BCUT2D eigenvalue weighted by atomic mass is 9.98. The monoisotopic (exact) mass is 288 g/mol.